The van der Waals surface area contributed by atoms with Gasteiger partial charge in [-0.1, -0.05) is 30.3 Å². The lowest BCUT2D eigenvalue weighted by atomic mass is 9.85. The topological polar surface area (TPSA) is 38.7 Å². The molecular formula is C15H14O3. The lowest BCUT2D eigenvalue weighted by Crippen LogP contribution is -2.27. The number of methoxy groups -OCH3 is 1. The van der Waals surface area contributed by atoms with Crippen molar-refractivity contribution in [3.63, 3.8) is 0 Å². The molecule has 0 aromatic heterocycles. The van der Waals surface area contributed by atoms with Crippen molar-refractivity contribution < 1.29 is 14.6 Å². The van der Waals surface area contributed by atoms with Crippen molar-refractivity contribution >= 4 is 0 Å². The average molecular weight is 242 g/mol. The molecular weight excluding hydrogens is 228 g/mol. The highest BCUT2D eigenvalue weighted by molar-refractivity contribution is 5.59. The van der Waals surface area contributed by atoms with Gasteiger partial charge in [-0.3, -0.25) is 0 Å². The predicted octanol–water partition coefficient (Wildman–Crippen LogP) is 3.06. The lowest BCUT2D eigenvalue weighted by molar-refractivity contribution is 0.0892. The van der Waals surface area contributed by atoms with Crippen molar-refractivity contribution in [3.05, 3.63) is 53.6 Å². The third-order valence-electron chi connectivity index (χ3n) is 3.35. The molecule has 1 unspecified atom stereocenters. The Morgan fingerprint density at radius 1 is 1.06 bits per heavy atom. The highest BCUT2D eigenvalue weighted by Gasteiger charge is 2.37. The summed E-state index contributed by atoms with van der Waals surface area (Å²) in [5.41, 5.74) is 0.421. The Labute approximate surface area is 106 Å². The van der Waals surface area contributed by atoms with E-state index in [0.29, 0.717) is 17.2 Å². The number of benzene rings is 2. The Hall–Kier alpha value is -2.00. The maximum Gasteiger partial charge on any atom is 0.175 e. The first kappa shape index (κ1) is 11.1. The first-order valence-electron chi connectivity index (χ1n) is 5.82. The van der Waals surface area contributed by atoms with Crippen molar-refractivity contribution in [2.45, 2.75) is 12.5 Å². The number of hydrogen-bond acceptors (Lipinski definition) is 3. The first-order chi connectivity index (χ1) is 8.64. The number of para-hydroxylation sites is 2. The normalized spacial score (nSPS) is 20.6. The Bertz CT molecular complexity index is 602. The minimum Gasteiger partial charge on any atom is -0.493 e. The quantitative estimate of drug-likeness (QED) is 0.835. The van der Waals surface area contributed by atoms with Crippen LogP contribution in [0.3, 0.4) is 0 Å². The number of hydrogen-bond donors (Lipinski definition) is 1. The molecule has 0 radical (unpaired) electrons. The molecule has 3 rings (SSSR count). The van der Waals surface area contributed by atoms with Gasteiger partial charge in [0, 0.05) is 11.1 Å². The van der Waals surface area contributed by atoms with Crippen LogP contribution in [0.2, 0.25) is 0 Å². The van der Waals surface area contributed by atoms with Crippen LogP contribution in [0, 0.1) is 0 Å². The fourth-order valence-corrected chi connectivity index (χ4v) is 2.38. The fraction of sp³-hybridized carbons (Fsp3) is 0.200. The fourth-order valence-electron chi connectivity index (χ4n) is 2.38. The number of aliphatic hydroxyl groups is 1. The maximum atomic E-state index is 10.8. The molecule has 3 nitrogen and oxygen atoms in total. The van der Waals surface area contributed by atoms with E-state index in [1.54, 1.807) is 14.0 Å². The van der Waals surface area contributed by atoms with Crippen LogP contribution in [0.25, 0.3) is 0 Å². The summed E-state index contributed by atoms with van der Waals surface area (Å²) in [6.07, 6.45) is 0. The summed E-state index contributed by atoms with van der Waals surface area (Å²) < 4.78 is 11.1. The second-order valence-corrected chi connectivity index (χ2v) is 4.51. The summed E-state index contributed by atoms with van der Waals surface area (Å²) >= 11 is 0. The Morgan fingerprint density at radius 2 is 1.78 bits per heavy atom. The molecule has 1 heterocycles. The van der Waals surface area contributed by atoms with E-state index >= 15 is 0 Å². The van der Waals surface area contributed by atoms with Gasteiger partial charge in [0.1, 0.15) is 11.4 Å². The molecule has 2 aromatic carbocycles. The van der Waals surface area contributed by atoms with E-state index in [1.165, 1.54) is 0 Å². The van der Waals surface area contributed by atoms with Crippen LogP contribution in [0.4, 0.5) is 0 Å². The third kappa shape index (κ3) is 1.41. The van der Waals surface area contributed by atoms with Crippen LogP contribution in [0.15, 0.2) is 42.5 Å². The molecule has 1 N–H and O–H groups in total. The van der Waals surface area contributed by atoms with Crippen molar-refractivity contribution in [1.29, 1.82) is 0 Å². The van der Waals surface area contributed by atoms with Gasteiger partial charge in [0.15, 0.2) is 11.5 Å². The number of ether oxygens (including phenoxy) is 2. The third-order valence-corrected chi connectivity index (χ3v) is 3.35. The van der Waals surface area contributed by atoms with E-state index in [0.717, 1.165) is 11.1 Å². The zero-order valence-electron chi connectivity index (χ0n) is 10.3. The largest absolute Gasteiger partial charge is 0.493 e. The Balaban J connectivity index is 2.27. The van der Waals surface area contributed by atoms with Crippen LogP contribution in [0.5, 0.6) is 17.2 Å². The summed E-state index contributed by atoms with van der Waals surface area (Å²) in [5, 5.41) is 10.8. The van der Waals surface area contributed by atoms with Gasteiger partial charge >= 0.3 is 0 Å². The van der Waals surface area contributed by atoms with Gasteiger partial charge < -0.3 is 14.6 Å². The van der Waals surface area contributed by atoms with Crippen LogP contribution in [0.1, 0.15) is 18.1 Å². The van der Waals surface area contributed by atoms with Crippen LogP contribution in [-0.2, 0) is 5.60 Å². The zero-order chi connectivity index (χ0) is 12.8. The van der Waals surface area contributed by atoms with Gasteiger partial charge in [-0.25, -0.2) is 0 Å². The molecule has 0 saturated carbocycles. The van der Waals surface area contributed by atoms with Gasteiger partial charge in [-0.05, 0) is 19.1 Å². The minimum absolute atomic E-state index is 0.587. The summed E-state index contributed by atoms with van der Waals surface area (Å²) in [6.45, 7) is 1.77. The Kier molecular flexibility index (Phi) is 2.31. The smallest absolute Gasteiger partial charge is 0.175 e. The number of rotatable bonds is 1. The molecule has 1 aliphatic heterocycles. The van der Waals surface area contributed by atoms with Crippen molar-refractivity contribution in [2.24, 2.45) is 0 Å². The van der Waals surface area contributed by atoms with Crippen molar-refractivity contribution in [3.8, 4) is 17.2 Å². The van der Waals surface area contributed by atoms with E-state index < -0.39 is 5.60 Å². The molecule has 18 heavy (non-hydrogen) atoms. The van der Waals surface area contributed by atoms with Gasteiger partial charge in [-0.2, -0.15) is 0 Å². The van der Waals surface area contributed by atoms with E-state index in [1.807, 2.05) is 42.5 Å². The molecule has 0 fully saturated rings. The highest BCUT2D eigenvalue weighted by atomic mass is 16.5. The lowest BCUT2D eigenvalue weighted by Gasteiger charge is -2.33. The Morgan fingerprint density at radius 3 is 2.56 bits per heavy atom. The summed E-state index contributed by atoms with van der Waals surface area (Å²) in [5.74, 6) is 1.88. The van der Waals surface area contributed by atoms with Crippen molar-refractivity contribution in [2.75, 3.05) is 7.11 Å². The number of fused-ring (bicyclic) bond motifs is 2. The van der Waals surface area contributed by atoms with Gasteiger partial charge in [0.25, 0.3) is 0 Å². The second-order valence-electron chi connectivity index (χ2n) is 4.51. The van der Waals surface area contributed by atoms with E-state index in [-0.39, 0.29) is 0 Å². The molecule has 0 saturated heterocycles. The van der Waals surface area contributed by atoms with E-state index in [2.05, 4.69) is 0 Å². The summed E-state index contributed by atoms with van der Waals surface area (Å²) in [4.78, 5) is 0. The second kappa shape index (κ2) is 3.75. The van der Waals surface area contributed by atoms with E-state index in [4.69, 9.17) is 9.47 Å². The molecule has 1 aliphatic rings. The molecule has 92 valence electrons. The molecule has 3 heteroatoms. The first-order valence-corrected chi connectivity index (χ1v) is 5.82. The highest BCUT2D eigenvalue weighted by Crippen LogP contribution is 2.49. The van der Waals surface area contributed by atoms with Crippen molar-refractivity contribution in [1.82, 2.24) is 0 Å². The molecule has 2 aromatic rings. The molecule has 0 spiro atoms. The summed E-state index contributed by atoms with van der Waals surface area (Å²) in [6, 6.07) is 13.0. The monoisotopic (exact) mass is 242 g/mol. The zero-order valence-corrected chi connectivity index (χ0v) is 10.3. The maximum absolute atomic E-state index is 10.8. The molecule has 0 aliphatic carbocycles. The minimum atomic E-state index is -1.07. The average Bonchev–Trinajstić information content (AvgIpc) is 2.38. The predicted molar refractivity (Wildman–Crippen MR) is 68.2 cm³/mol. The SMILES string of the molecule is COc1cccc2c1Oc1ccccc1C2(C)O. The standard InChI is InChI=1S/C15H14O3/c1-15(16)10-6-3-4-8-12(10)18-14-11(15)7-5-9-13(14)17-2/h3-9,16H,1-2H3. The van der Waals surface area contributed by atoms with Gasteiger partial charge in [0.05, 0.1) is 7.11 Å². The van der Waals surface area contributed by atoms with Gasteiger partial charge in [0.2, 0.25) is 0 Å². The van der Waals surface area contributed by atoms with Crippen LogP contribution >= 0.6 is 0 Å². The van der Waals surface area contributed by atoms with Gasteiger partial charge in [-0.15, -0.1) is 0 Å². The van der Waals surface area contributed by atoms with Crippen LogP contribution in [-0.4, -0.2) is 12.2 Å². The molecule has 1 atom stereocenters. The van der Waals surface area contributed by atoms with E-state index in [9.17, 15) is 5.11 Å². The van der Waals surface area contributed by atoms with Crippen LogP contribution < -0.4 is 9.47 Å². The molecule has 0 bridgehead atoms. The summed E-state index contributed by atoms with van der Waals surface area (Å²) in [7, 11) is 1.59. The molecule has 0 amide bonds.